The molecule has 0 aromatic carbocycles. The topological polar surface area (TPSA) is 44.2 Å². The number of hydrogen-bond donors (Lipinski definition) is 0. The summed E-state index contributed by atoms with van der Waals surface area (Å²) in [6.45, 7) is 8.30. The molecule has 0 amide bonds. The van der Waals surface area contributed by atoms with Crippen LogP contribution >= 0.6 is 0 Å². The maximum Gasteiger partial charge on any atom is 0.495 e. The number of allylic oxidation sites excluding steroid dienone is 2. The largest absolute Gasteiger partial charge is 0.495 e. The molecule has 0 radical (unpaired) electrons. The summed E-state index contributed by atoms with van der Waals surface area (Å²) in [7, 11) is -0.277. The van der Waals surface area contributed by atoms with E-state index in [1.807, 2.05) is 24.5 Å². The Kier molecular flexibility index (Phi) is 4.53. The van der Waals surface area contributed by atoms with Gasteiger partial charge in [-0.05, 0) is 56.4 Å². The second-order valence-electron chi connectivity index (χ2n) is 8.10. The Morgan fingerprint density at radius 2 is 1.56 bits per heavy atom. The molecule has 2 aliphatic carbocycles. The van der Waals surface area contributed by atoms with E-state index in [0.717, 1.165) is 29.6 Å². The molecule has 0 atom stereocenters. The molecular weight excluding hydrogens is 335 g/mol. The van der Waals surface area contributed by atoms with Gasteiger partial charge in [-0.15, -0.1) is 0 Å². The number of fused-ring (bicyclic) bond motifs is 2. The third-order valence-corrected chi connectivity index (χ3v) is 5.76. The standard InChI is InChI=1S/C14H18BNO2.C8H7N/c1-13(2)14(3,4)18-15(17-13)11-7-8-12-10(11)6-5-9-16-12;1-3-7-4-2-6-9-8(7)5-1/h5-7,9H,8H2,1-4H3;1-4,6H,5H2. The normalized spacial score (nSPS) is 20.6. The molecular formula is C22H25BN2O2. The molecule has 1 saturated heterocycles. The highest BCUT2D eigenvalue weighted by atomic mass is 16.7. The van der Waals surface area contributed by atoms with Crippen molar-refractivity contribution < 1.29 is 9.31 Å². The minimum Gasteiger partial charge on any atom is -0.399 e. The lowest BCUT2D eigenvalue weighted by Crippen LogP contribution is -2.41. The fourth-order valence-electron chi connectivity index (χ4n) is 3.44. The number of pyridine rings is 2. The molecule has 2 aromatic heterocycles. The lowest BCUT2D eigenvalue weighted by molar-refractivity contribution is 0.00578. The maximum absolute atomic E-state index is 6.09. The zero-order valence-electron chi connectivity index (χ0n) is 16.4. The second kappa shape index (κ2) is 6.73. The molecule has 0 N–H and O–H groups in total. The van der Waals surface area contributed by atoms with Gasteiger partial charge in [-0.3, -0.25) is 9.97 Å². The molecule has 2 aromatic rings. The fraction of sp³-hybridized carbons (Fsp3) is 0.364. The van der Waals surface area contributed by atoms with Gasteiger partial charge in [-0.1, -0.05) is 30.4 Å². The molecule has 0 spiro atoms. The molecule has 5 heteroatoms. The van der Waals surface area contributed by atoms with Crippen molar-refractivity contribution in [2.45, 2.75) is 51.7 Å². The van der Waals surface area contributed by atoms with Crippen molar-refractivity contribution in [2.75, 3.05) is 0 Å². The number of rotatable bonds is 1. The van der Waals surface area contributed by atoms with Crippen molar-refractivity contribution in [3.63, 3.8) is 0 Å². The highest BCUT2D eigenvalue weighted by molar-refractivity contribution is 6.69. The Bertz CT molecular complexity index is 902. The van der Waals surface area contributed by atoms with Crippen LogP contribution in [-0.4, -0.2) is 28.3 Å². The van der Waals surface area contributed by atoms with Gasteiger partial charge >= 0.3 is 7.12 Å². The Balaban J connectivity index is 0.000000167. The summed E-state index contributed by atoms with van der Waals surface area (Å²) in [5, 5.41) is 0. The third kappa shape index (κ3) is 3.37. The Morgan fingerprint density at radius 3 is 2.26 bits per heavy atom. The molecule has 1 aliphatic heterocycles. The van der Waals surface area contributed by atoms with Gasteiger partial charge in [-0.25, -0.2) is 0 Å². The quantitative estimate of drug-likeness (QED) is 0.711. The molecule has 3 aliphatic rings. The first-order valence-corrected chi connectivity index (χ1v) is 9.48. The van der Waals surface area contributed by atoms with E-state index in [0.29, 0.717) is 0 Å². The van der Waals surface area contributed by atoms with E-state index >= 15 is 0 Å². The molecule has 27 heavy (non-hydrogen) atoms. The molecule has 0 bridgehead atoms. The van der Waals surface area contributed by atoms with E-state index in [4.69, 9.17) is 9.31 Å². The van der Waals surface area contributed by atoms with Crippen molar-refractivity contribution in [3.8, 4) is 0 Å². The van der Waals surface area contributed by atoms with Crippen molar-refractivity contribution in [1.82, 2.24) is 9.97 Å². The summed E-state index contributed by atoms with van der Waals surface area (Å²) in [5.74, 6) is 0. The summed E-state index contributed by atoms with van der Waals surface area (Å²) >= 11 is 0. The van der Waals surface area contributed by atoms with Crippen LogP contribution in [0, 0.1) is 0 Å². The summed E-state index contributed by atoms with van der Waals surface area (Å²) in [6.07, 6.45) is 12.0. The van der Waals surface area contributed by atoms with E-state index in [-0.39, 0.29) is 18.3 Å². The highest BCUT2D eigenvalue weighted by Gasteiger charge is 2.53. The summed E-state index contributed by atoms with van der Waals surface area (Å²) < 4.78 is 12.2. The zero-order valence-corrected chi connectivity index (χ0v) is 16.4. The maximum atomic E-state index is 6.09. The number of aromatic nitrogens is 2. The minimum absolute atomic E-state index is 0.277. The van der Waals surface area contributed by atoms with Gasteiger partial charge in [-0.2, -0.15) is 0 Å². The summed E-state index contributed by atoms with van der Waals surface area (Å²) in [6, 6.07) is 8.11. The molecule has 4 nitrogen and oxygen atoms in total. The van der Waals surface area contributed by atoms with Gasteiger partial charge in [0.15, 0.2) is 0 Å². The van der Waals surface area contributed by atoms with Gasteiger partial charge in [0.2, 0.25) is 0 Å². The van der Waals surface area contributed by atoms with Crippen LogP contribution < -0.4 is 0 Å². The Labute approximate surface area is 161 Å². The summed E-state index contributed by atoms with van der Waals surface area (Å²) in [5.41, 5.74) is 5.30. The highest BCUT2D eigenvalue weighted by Crippen LogP contribution is 2.42. The van der Waals surface area contributed by atoms with Gasteiger partial charge in [0.05, 0.1) is 22.6 Å². The molecule has 0 saturated carbocycles. The molecule has 138 valence electrons. The monoisotopic (exact) mass is 360 g/mol. The van der Waals surface area contributed by atoms with Crippen LogP contribution in [0.2, 0.25) is 0 Å². The van der Waals surface area contributed by atoms with E-state index in [1.165, 1.54) is 11.3 Å². The van der Waals surface area contributed by atoms with Gasteiger partial charge < -0.3 is 9.31 Å². The predicted molar refractivity (Wildman–Crippen MR) is 109 cm³/mol. The van der Waals surface area contributed by atoms with Crippen molar-refractivity contribution >= 4 is 18.7 Å². The molecule has 0 unspecified atom stereocenters. The molecule has 1 fully saturated rings. The zero-order chi connectivity index (χ0) is 19.1. The van der Waals surface area contributed by atoms with E-state index < -0.39 is 0 Å². The first kappa shape index (κ1) is 18.1. The van der Waals surface area contributed by atoms with Gasteiger partial charge in [0.25, 0.3) is 0 Å². The Morgan fingerprint density at radius 1 is 0.889 bits per heavy atom. The van der Waals surface area contributed by atoms with Crippen LogP contribution in [0.15, 0.2) is 48.8 Å². The van der Waals surface area contributed by atoms with Gasteiger partial charge in [0, 0.05) is 25.2 Å². The SMILES string of the molecule is C1=Cc2cccnc2C1.CC1(C)OB(C2=CCc3ncccc32)OC1(C)C. The fourth-order valence-corrected chi connectivity index (χ4v) is 3.44. The average molecular weight is 360 g/mol. The Hall–Kier alpha value is -2.24. The van der Waals surface area contributed by atoms with E-state index in [9.17, 15) is 0 Å². The van der Waals surface area contributed by atoms with Crippen LogP contribution in [0.25, 0.3) is 11.5 Å². The second-order valence-corrected chi connectivity index (χ2v) is 8.10. The van der Waals surface area contributed by atoms with Crippen LogP contribution in [0.4, 0.5) is 0 Å². The average Bonchev–Trinajstić information content (AvgIpc) is 3.32. The van der Waals surface area contributed by atoms with Crippen molar-refractivity contribution in [2.24, 2.45) is 0 Å². The van der Waals surface area contributed by atoms with Crippen LogP contribution in [-0.2, 0) is 22.2 Å². The number of nitrogens with zero attached hydrogens (tertiary/aromatic N) is 2. The van der Waals surface area contributed by atoms with Crippen LogP contribution in [0.1, 0.15) is 50.2 Å². The van der Waals surface area contributed by atoms with Crippen LogP contribution in [0.3, 0.4) is 0 Å². The first-order chi connectivity index (χ1) is 12.9. The summed E-state index contributed by atoms with van der Waals surface area (Å²) in [4.78, 5) is 8.59. The van der Waals surface area contributed by atoms with Crippen molar-refractivity contribution in [1.29, 1.82) is 0 Å². The predicted octanol–water partition coefficient (Wildman–Crippen LogP) is 4.30. The van der Waals surface area contributed by atoms with E-state index in [2.05, 4.69) is 68.0 Å². The van der Waals surface area contributed by atoms with Gasteiger partial charge in [0.1, 0.15) is 0 Å². The number of hydrogen-bond acceptors (Lipinski definition) is 4. The van der Waals surface area contributed by atoms with E-state index in [1.54, 1.807) is 0 Å². The lowest BCUT2D eigenvalue weighted by Gasteiger charge is -2.32. The molecule has 3 heterocycles. The smallest absolute Gasteiger partial charge is 0.399 e. The minimum atomic E-state index is -0.288. The molecule has 5 rings (SSSR count). The first-order valence-electron chi connectivity index (χ1n) is 9.48. The lowest BCUT2D eigenvalue weighted by atomic mass is 9.75. The van der Waals surface area contributed by atoms with Crippen LogP contribution in [0.5, 0.6) is 0 Å². The third-order valence-electron chi connectivity index (χ3n) is 5.76. The van der Waals surface area contributed by atoms with Crippen molar-refractivity contribution in [3.05, 3.63) is 71.3 Å².